The molecule has 0 spiro atoms. The summed E-state index contributed by atoms with van der Waals surface area (Å²) >= 11 is 3.25. The Bertz CT molecular complexity index is 532. The third-order valence-electron chi connectivity index (χ3n) is 4.13. The van der Waals surface area contributed by atoms with Crippen LogP contribution in [0.15, 0.2) is 22.7 Å². The molecule has 1 saturated carbocycles. The quantitative estimate of drug-likeness (QED) is 0.851. The number of rotatable bonds is 2. The van der Waals surface area contributed by atoms with E-state index in [4.69, 9.17) is 0 Å². The molecular weight excluding hydrogens is 301 g/mol. The van der Waals surface area contributed by atoms with Crippen molar-refractivity contribution in [2.24, 2.45) is 11.8 Å². The zero-order valence-corrected chi connectivity index (χ0v) is 11.3. The second-order valence-corrected chi connectivity index (χ2v) is 5.78. The van der Waals surface area contributed by atoms with E-state index in [2.05, 4.69) is 21.2 Å². The molecule has 2 fully saturated rings. The molecule has 1 unspecified atom stereocenters. The lowest BCUT2D eigenvalue weighted by Gasteiger charge is -2.19. The maximum Gasteiger partial charge on any atom is 0.231 e. The molecule has 1 saturated heterocycles. The van der Waals surface area contributed by atoms with Crippen molar-refractivity contribution in [2.45, 2.75) is 18.8 Å². The van der Waals surface area contributed by atoms with Gasteiger partial charge in [-0.3, -0.25) is 14.9 Å². The largest absolute Gasteiger partial charge is 0.296 e. The highest BCUT2D eigenvalue weighted by Gasteiger charge is 2.74. The molecule has 94 valence electrons. The third kappa shape index (κ3) is 1.34. The molecule has 2 aliphatic rings. The van der Waals surface area contributed by atoms with Crippen LogP contribution in [0.4, 0.5) is 4.39 Å². The van der Waals surface area contributed by atoms with Gasteiger partial charge in [-0.1, -0.05) is 22.9 Å². The molecule has 2 amide bonds. The summed E-state index contributed by atoms with van der Waals surface area (Å²) in [4.78, 5) is 23.4. The number of imide groups is 1. The van der Waals surface area contributed by atoms with Gasteiger partial charge in [0, 0.05) is 9.89 Å². The maximum absolute atomic E-state index is 13.5. The molecule has 3 atom stereocenters. The third-order valence-corrected chi connectivity index (χ3v) is 4.59. The monoisotopic (exact) mass is 311 g/mol. The molecular formula is C13H11BrFNO2. The maximum atomic E-state index is 13.5. The van der Waals surface area contributed by atoms with Gasteiger partial charge >= 0.3 is 0 Å². The molecule has 0 aromatic heterocycles. The summed E-state index contributed by atoms with van der Waals surface area (Å²) in [7, 11) is 0. The molecule has 5 heteroatoms. The van der Waals surface area contributed by atoms with Gasteiger partial charge in [-0.25, -0.2) is 4.39 Å². The molecule has 1 N–H and O–H groups in total. The van der Waals surface area contributed by atoms with E-state index in [9.17, 15) is 14.0 Å². The Morgan fingerprint density at radius 1 is 1.28 bits per heavy atom. The number of hydrogen-bond donors (Lipinski definition) is 1. The second-order valence-electron chi connectivity index (χ2n) is 4.86. The minimum atomic E-state index is -0.510. The number of halogens is 2. The number of nitrogens with one attached hydrogen (secondary N) is 1. The highest BCUT2D eigenvalue weighted by atomic mass is 79.9. The van der Waals surface area contributed by atoms with E-state index < -0.39 is 5.41 Å². The van der Waals surface area contributed by atoms with Crippen LogP contribution in [-0.4, -0.2) is 11.8 Å². The first-order valence-electron chi connectivity index (χ1n) is 5.82. The molecule has 3 rings (SSSR count). The number of benzene rings is 1. The molecule has 1 aliphatic heterocycles. The number of hydrogen-bond acceptors (Lipinski definition) is 2. The van der Waals surface area contributed by atoms with Gasteiger partial charge in [-0.15, -0.1) is 0 Å². The van der Waals surface area contributed by atoms with E-state index in [0.717, 1.165) is 5.56 Å². The van der Waals surface area contributed by atoms with Crippen LogP contribution in [0.1, 0.15) is 18.9 Å². The first kappa shape index (κ1) is 11.8. The van der Waals surface area contributed by atoms with Gasteiger partial charge in [0.05, 0.1) is 11.8 Å². The zero-order chi connectivity index (χ0) is 13.1. The van der Waals surface area contributed by atoms with Crippen LogP contribution < -0.4 is 5.32 Å². The summed E-state index contributed by atoms with van der Waals surface area (Å²) in [5.74, 6) is -1.48. The second kappa shape index (κ2) is 3.63. The number of piperidine rings is 1. The number of fused-ring (bicyclic) bond motifs is 1. The SMILES string of the molecule is CCC1(c2cc(F)cc(Br)c2)[C@@H]2C(=O)NC(=O)[C@@H]21. The Balaban J connectivity index is 2.10. The minimum absolute atomic E-state index is 0.229. The first-order valence-corrected chi connectivity index (χ1v) is 6.61. The van der Waals surface area contributed by atoms with Crippen LogP contribution in [0.2, 0.25) is 0 Å². The number of carbonyl (C=O) groups excluding carboxylic acids is 2. The lowest BCUT2D eigenvalue weighted by atomic mass is 9.87. The van der Waals surface area contributed by atoms with Crippen molar-refractivity contribution in [3.05, 3.63) is 34.1 Å². The van der Waals surface area contributed by atoms with Crippen LogP contribution in [-0.2, 0) is 15.0 Å². The van der Waals surface area contributed by atoms with E-state index in [0.29, 0.717) is 10.9 Å². The summed E-state index contributed by atoms with van der Waals surface area (Å²) < 4.78 is 14.1. The summed E-state index contributed by atoms with van der Waals surface area (Å²) in [6.07, 6.45) is 0.650. The molecule has 1 aliphatic carbocycles. The highest BCUT2D eigenvalue weighted by molar-refractivity contribution is 9.10. The Morgan fingerprint density at radius 2 is 1.89 bits per heavy atom. The molecule has 0 radical (unpaired) electrons. The first-order chi connectivity index (χ1) is 8.50. The predicted molar refractivity (Wildman–Crippen MR) is 66.2 cm³/mol. The number of amides is 2. The van der Waals surface area contributed by atoms with Gasteiger partial charge in [-0.05, 0) is 30.2 Å². The lowest BCUT2D eigenvalue weighted by molar-refractivity contribution is -0.128. The zero-order valence-electron chi connectivity index (χ0n) is 9.67. The highest BCUT2D eigenvalue weighted by Crippen LogP contribution is 2.64. The van der Waals surface area contributed by atoms with E-state index in [1.807, 2.05) is 6.92 Å². The normalized spacial score (nSPS) is 33.3. The molecule has 3 nitrogen and oxygen atoms in total. The molecule has 0 bridgehead atoms. The van der Waals surface area contributed by atoms with Gasteiger partial charge in [0.25, 0.3) is 0 Å². The van der Waals surface area contributed by atoms with Crippen molar-refractivity contribution in [3.8, 4) is 0 Å². The van der Waals surface area contributed by atoms with Crippen LogP contribution in [0.3, 0.4) is 0 Å². The summed E-state index contributed by atoms with van der Waals surface area (Å²) in [5, 5.41) is 2.32. The fourth-order valence-electron chi connectivity index (χ4n) is 3.31. The van der Waals surface area contributed by atoms with E-state index in [1.165, 1.54) is 12.1 Å². The van der Waals surface area contributed by atoms with Crippen LogP contribution in [0.25, 0.3) is 0 Å². The van der Waals surface area contributed by atoms with Crippen molar-refractivity contribution in [3.63, 3.8) is 0 Å². The van der Waals surface area contributed by atoms with Crippen molar-refractivity contribution in [1.82, 2.24) is 5.32 Å². The molecule has 1 aromatic carbocycles. The molecule has 1 heterocycles. The van der Waals surface area contributed by atoms with Gasteiger partial charge in [0.1, 0.15) is 5.82 Å². The van der Waals surface area contributed by atoms with E-state index in [1.54, 1.807) is 6.07 Å². The van der Waals surface area contributed by atoms with E-state index in [-0.39, 0.29) is 29.5 Å². The van der Waals surface area contributed by atoms with Gasteiger partial charge < -0.3 is 0 Å². The van der Waals surface area contributed by atoms with Crippen LogP contribution >= 0.6 is 15.9 Å². The van der Waals surface area contributed by atoms with Crippen LogP contribution in [0, 0.1) is 17.7 Å². The average molecular weight is 312 g/mol. The van der Waals surface area contributed by atoms with Crippen molar-refractivity contribution < 1.29 is 14.0 Å². The topological polar surface area (TPSA) is 46.2 Å². The smallest absolute Gasteiger partial charge is 0.231 e. The summed E-state index contributed by atoms with van der Waals surface area (Å²) in [6, 6.07) is 4.59. The summed E-state index contributed by atoms with van der Waals surface area (Å²) in [5.41, 5.74) is 0.222. The Morgan fingerprint density at radius 3 is 2.39 bits per heavy atom. The number of carbonyl (C=O) groups is 2. The Kier molecular flexibility index (Phi) is 2.39. The lowest BCUT2D eigenvalue weighted by Crippen LogP contribution is -2.33. The average Bonchev–Trinajstić information content (AvgIpc) is 2.88. The van der Waals surface area contributed by atoms with Gasteiger partial charge in [-0.2, -0.15) is 0 Å². The van der Waals surface area contributed by atoms with Gasteiger partial charge in [0.2, 0.25) is 11.8 Å². The fraction of sp³-hybridized carbons (Fsp3) is 0.385. The minimum Gasteiger partial charge on any atom is -0.296 e. The molecule has 18 heavy (non-hydrogen) atoms. The van der Waals surface area contributed by atoms with Crippen LogP contribution in [0.5, 0.6) is 0 Å². The fourth-order valence-corrected chi connectivity index (χ4v) is 3.78. The van der Waals surface area contributed by atoms with Crippen molar-refractivity contribution in [2.75, 3.05) is 0 Å². The standard InChI is InChI=1S/C13H11BrFNO2/c1-2-13(6-3-7(14)5-8(15)4-6)9-10(13)12(18)16-11(9)17/h3-5,9-10H,2H2,1H3,(H,16,17,18)/t9-,10+,13?. The van der Waals surface area contributed by atoms with E-state index >= 15 is 0 Å². The predicted octanol–water partition coefficient (Wildman–Crippen LogP) is 2.14. The van der Waals surface area contributed by atoms with Gasteiger partial charge in [0.15, 0.2) is 0 Å². The van der Waals surface area contributed by atoms with Crippen molar-refractivity contribution in [1.29, 1.82) is 0 Å². The summed E-state index contributed by atoms with van der Waals surface area (Å²) in [6.45, 7) is 1.93. The Hall–Kier alpha value is -1.23. The van der Waals surface area contributed by atoms with Crippen molar-refractivity contribution >= 4 is 27.7 Å². The molecule has 1 aromatic rings. The Labute approximate surface area is 112 Å².